The van der Waals surface area contributed by atoms with Crippen LogP contribution in [-0.4, -0.2) is 11.1 Å². The minimum atomic E-state index is -0.878. The Hall–Kier alpha value is -1.30. The first-order valence-corrected chi connectivity index (χ1v) is 8.07. The van der Waals surface area contributed by atoms with Crippen molar-refractivity contribution in [3.8, 4) is 11.5 Å². The van der Waals surface area contributed by atoms with Gasteiger partial charge in [0.1, 0.15) is 21.9 Å². The van der Waals surface area contributed by atoms with Gasteiger partial charge < -0.3 is 14.6 Å². The van der Waals surface area contributed by atoms with E-state index in [9.17, 15) is 9.90 Å². The van der Waals surface area contributed by atoms with Crippen molar-refractivity contribution in [1.29, 1.82) is 0 Å². The van der Waals surface area contributed by atoms with Gasteiger partial charge in [0.25, 0.3) is 5.95 Å². The Balaban J connectivity index is 2.20. The molecule has 9 heteroatoms. The summed E-state index contributed by atoms with van der Waals surface area (Å²) in [5.74, 6) is -1.66. The van der Waals surface area contributed by atoms with Crippen molar-refractivity contribution in [2.24, 2.45) is 0 Å². The highest BCUT2D eigenvalue weighted by molar-refractivity contribution is 6.55. The van der Waals surface area contributed by atoms with Gasteiger partial charge >= 0.3 is 5.97 Å². The summed E-state index contributed by atoms with van der Waals surface area (Å²) < 4.78 is 9.98. The highest BCUT2D eigenvalue weighted by Crippen LogP contribution is 2.48. The van der Waals surface area contributed by atoms with E-state index in [-0.39, 0.29) is 30.9 Å². The molecular weight excluding hydrogens is 421 g/mol. The van der Waals surface area contributed by atoms with Crippen LogP contribution in [0.1, 0.15) is 0 Å². The Morgan fingerprint density at radius 3 is 1.88 bits per heavy atom. The van der Waals surface area contributed by atoms with Crippen LogP contribution in [0, 0.1) is 0 Å². The molecule has 4 nitrogen and oxygen atoms in total. The summed E-state index contributed by atoms with van der Waals surface area (Å²) in [5, 5.41) is 9.13. The van der Waals surface area contributed by atoms with Gasteiger partial charge in [0.05, 0.1) is 15.1 Å². The number of aliphatic hydroxyl groups excluding tert-OH is 1. The van der Waals surface area contributed by atoms with Crippen LogP contribution in [0.25, 0.3) is 0 Å². The molecule has 0 unspecified atom stereocenters. The van der Waals surface area contributed by atoms with E-state index >= 15 is 0 Å². The molecule has 0 saturated heterocycles. The first-order chi connectivity index (χ1) is 11.3. The molecule has 2 rings (SSSR count). The molecule has 126 valence electrons. The van der Waals surface area contributed by atoms with Crippen molar-refractivity contribution in [3.05, 3.63) is 67.5 Å². The smallest absolute Gasteiger partial charge is 0.343 e. The van der Waals surface area contributed by atoms with E-state index in [0.717, 1.165) is 0 Å². The summed E-state index contributed by atoms with van der Waals surface area (Å²) in [6, 6.07) is 8.25. The lowest BCUT2D eigenvalue weighted by molar-refractivity contribution is -0.129. The second-order valence-corrected chi connectivity index (χ2v) is 6.11. The van der Waals surface area contributed by atoms with E-state index in [0.29, 0.717) is 11.8 Å². The molecule has 1 N–H and O–H groups in total. The molecule has 0 atom stereocenters. The molecule has 0 radical (unpaired) electrons. The first-order valence-electron chi connectivity index (χ1n) is 6.18. The lowest BCUT2D eigenvalue weighted by Crippen LogP contribution is -2.07. The number of ether oxygens (including phenoxy) is 2. The molecule has 0 amide bonds. The van der Waals surface area contributed by atoms with Crippen LogP contribution >= 0.6 is 58.0 Å². The maximum absolute atomic E-state index is 11.7. The average molecular weight is 428 g/mol. The molecule has 0 aliphatic heterocycles. The van der Waals surface area contributed by atoms with Gasteiger partial charge in [-0.15, -0.1) is 0 Å². The van der Waals surface area contributed by atoms with Gasteiger partial charge in [0.2, 0.25) is 0 Å². The molecule has 0 aromatic heterocycles. The second kappa shape index (κ2) is 8.19. The normalized spacial score (nSPS) is 11.3. The SMILES string of the molecule is O=C(/C=C(\O)Oc1c(Cl)c(Cl)c(Cl)c(Cl)c1Cl)Oc1ccccc1. The fraction of sp³-hybridized carbons (Fsp3) is 0. The van der Waals surface area contributed by atoms with Crippen molar-refractivity contribution in [3.63, 3.8) is 0 Å². The van der Waals surface area contributed by atoms with Crippen LogP contribution in [-0.2, 0) is 4.79 Å². The Bertz CT molecular complexity index is 776. The Morgan fingerprint density at radius 2 is 1.33 bits per heavy atom. The summed E-state index contributed by atoms with van der Waals surface area (Å²) in [6.45, 7) is 0. The summed E-state index contributed by atoms with van der Waals surface area (Å²) in [4.78, 5) is 11.7. The topological polar surface area (TPSA) is 55.8 Å². The largest absolute Gasteiger partial charge is 0.481 e. The zero-order chi connectivity index (χ0) is 17.9. The molecular formula is C15H7Cl5O4. The minimum Gasteiger partial charge on any atom is -0.481 e. The maximum atomic E-state index is 11.7. The van der Waals surface area contributed by atoms with Crippen LogP contribution < -0.4 is 9.47 Å². The van der Waals surface area contributed by atoms with E-state index in [1.54, 1.807) is 30.3 Å². The number of para-hydroxylation sites is 1. The van der Waals surface area contributed by atoms with Crippen molar-refractivity contribution in [2.75, 3.05) is 0 Å². The van der Waals surface area contributed by atoms with Crippen LogP contribution in [0.5, 0.6) is 11.5 Å². The van der Waals surface area contributed by atoms with E-state index in [2.05, 4.69) is 0 Å². The third-order valence-corrected chi connectivity index (χ3v) is 4.82. The molecule has 0 bridgehead atoms. The predicted molar refractivity (Wildman–Crippen MR) is 94.9 cm³/mol. The maximum Gasteiger partial charge on any atom is 0.343 e. The second-order valence-electron chi connectivity index (χ2n) is 4.22. The molecule has 0 fully saturated rings. The summed E-state index contributed by atoms with van der Waals surface area (Å²) in [7, 11) is 0. The molecule has 24 heavy (non-hydrogen) atoms. The highest BCUT2D eigenvalue weighted by Gasteiger charge is 2.22. The van der Waals surface area contributed by atoms with Gasteiger partial charge in [-0.3, -0.25) is 0 Å². The third-order valence-electron chi connectivity index (χ3n) is 2.58. The number of carbonyl (C=O) groups is 1. The first kappa shape index (κ1) is 19.0. The quantitative estimate of drug-likeness (QED) is 0.154. The van der Waals surface area contributed by atoms with E-state index < -0.39 is 11.9 Å². The lowest BCUT2D eigenvalue weighted by atomic mass is 10.3. The molecule has 2 aromatic rings. The third kappa shape index (κ3) is 4.41. The summed E-state index contributed by atoms with van der Waals surface area (Å²) in [5.41, 5.74) is 0. The van der Waals surface area contributed by atoms with Gasteiger partial charge in [-0.05, 0) is 12.1 Å². The molecule has 0 aliphatic carbocycles. The minimum absolute atomic E-state index is 0.0624. The van der Waals surface area contributed by atoms with Crippen LogP contribution in [0.15, 0.2) is 42.4 Å². The monoisotopic (exact) mass is 426 g/mol. The molecule has 0 saturated carbocycles. The molecule has 0 heterocycles. The number of esters is 1. The number of hydrogen-bond acceptors (Lipinski definition) is 4. The lowest BCUT2D eigenvalue weighted by Gasteiger charge is -2.12. The molecule has 2 aromatic carbocycles. The summed E-state index contributed by atoms with van der Waals surface area (Å²) in [6.07, 6.45) is 0.691. The van der Waals surface area contributed by atoms with Crippen molar-refractivity contribution in [1.82, 2.24) is 0 Å². The van der Waals surface area contributed by atoms with Gasteiger partial charge in [-0.25, -0.2) is 4.79 Å². The van der Waals surface area contributed by atoms with E-state index in [4.69, 9.17) is 67.5 Å². The number of carbonyl (C=O) groups excluding carboxylic acids is 1. The van der Waals surface area contributed by atoms with Crippen LogP contribution in [0.2, 0.25) is 25.1 Å². The number of halogens is 5. The van der Waals surface area contributed by atoms with Crippen molar-refractivity contribution in [2.45, 2.75) is 0 Å². The predicted octanol–water partition coefficient (Wildman–Crippen LogP) is 6.34. The Labute approximate surface area is 162 Å². The van der Waals surface area contributed by atoms with Crippen LogP contribution in [0.3, 0.4) is 0 Å². The van der Waals surface area contributed by atoms with Gasteiger partial charge in [0.15, 0.2) is 5.75 Å². The fourth-order valence-electron chi connectivity index (χ4n) is 1.54. The number of rotatable bonds is 4. The Kier molecular flexibility index (Phi) is 6.49. The highest BCUT2D eigenvalue weighted by atomic mass is 35.5. The molecule has 0 spiro atoms. The van der Waals surface area contributed by atoms with Gasteiger partial charge in [-0.1, -0.05) is 76.2 Å². The van der Waals surface area contributed by atoms with Crippen molar-refractivity contribution < 1.29 is 19.4 Å². The average Bonchev–Trinajstić information content (AvgIpc) is 2.56. The number of hydrogen-bond donors (Lipinski definition) is 1. The zero-order valence-electron chi connectivity index (χ0n) is 11.5. The summed E-state index contributed by atoms with van der Waals surface area (Å²) >= 11 is 29.5. The standard InChI is InChI=1S/C15H7Cl5O4/c16-10-11(17)13(19)15(14(20)12(10)18)24-9(22)6-8(21)23-7-4-2-1-3-5-7/h1-6,22H/b9-6+. The number of benzene rings is 2. The van der Waals surface area contributed by atoms with Gasteiger partial charge in [0, 0.05) is 0 Å². The van der Waals surface area contributed by atoms with Crippen molar-refractivity contribution >= 4 is 64.0 Å². The molecule has 0 aliphatic rings. The Morgan fingerprint density at radius 1 is 0.833 bits per heavy atom. The van der Waals surface area contributed by atoms with E-state index in [1.807, 2.05) is 0 Å². The van der Waals surface area contributed by atoms with Crippen LogP contribution in [0.4, 0.5) is 0 Å². The fourth-order valence-corrected chi connectivity index (χ4v) is 2.74. The van der Waals surface area contributed by atoms with E-state index in [1.165, 1.54) is 0 Å². The number of aliphatic hydroxyl groups is 1. The zero-order valence-corrected chi connectivity index (χ0v) is 15.3. The van der Waals surface area contributed by atoms with Gasteiger partial charge in [-0.2, -0.15) is 0 Å².